The zero-order valence-electron chi connectivity index (χ0n) is 12.1. The zero-order chi connectivity index (χ0) is 12.6. The molecule has 18 heavy (non-hydrogen) atoms. The molecular formula is C15H30N2O. The van der Waals surface area contributed by atoms with E-state index in [2.05, 4.69) is 16.7 Å². The highest BCUT2D eigenvalue weighted by atomic mass is 16.5. The van der Waals surface area contributed by atoms with Crippen molar-refractivity contribution < 1.29 is 4.74 Å². The van der Waals surface area contributed by atoms with Gasteiger partial charge in [-0.2, -0.15) is 0 Å². The number of nitrogens with zero attached hydrogens (tertiary/aromatic N) is 2. The largest absolute Gasteiger partial charge is 0.381 e. The van der Waals surface area contributed by atoms with E-state index in [4.69, 9.17) is 4.74 Å². The van der Waals surface area contributed by atoms with Gasteiger partial charge in [-0.05, 0) is 51.7 Å². The van der Waals surface area contributed by atoms with E-state index in [0.29, 0.717) is 0 Å². The standard InChI is InChI=1S/C15H30N2O/c1-2-12-18-13-6-9-16-8-5-11-17-10-4-3-7-15(17)14-16/h15H,2-14H2,1H3. The summed E-state index contributed by atoms with van der Waals surface area (Å²) in [6, 6.07) is 0.845. The Labute approximate surface area is 112 Å². The Kier molecular flexibility index (Phi) is 6.46. The molecule has 2 saturated heterocycles. The molecule has 0 aromatic rings. The van der Waals surface area contributed by atoms with Gasteiger partial charge in [0.05, 0.1) is 0 Å². The van der Waals surface area contributed by atoms with Crippen LogP contribution in [-0.4, -0.2) is 61.8 Å². The third-order valence-corrected chi connectivity index (χ3v) is 4.25. The highest BCUT2D eigenvalue weighted by molar-refractivity contribution is 4.83. The molecule has 2 aliphatic rings. The maximum Gasteiger partial charge on any atom is 0.0478 e. The molecule has 3 nitrogen and oxygen atoms in total. The van der Waals surface area contributed by atoms with Gasteiger partial charge in [-0.25, -0.2) is 0 Å². The molecule has 0 aromatic heterocycles. The average molecular weight is 254 g/mol. The van der Waals surface area contributed by atoms with Crippen LogP contribution in [-0.2, 0) is 4.74 Å². The van der Waals surface area contributed by atoms with Gasteiger partial charge in [0.2, 0.25) is 0 Å². The van der Waals surface area contributed by atoms with Crippen LogP contribution < -0.4 is 0 Å². The van der Waals surface area contributed by atoms with E-state index in [-0.39, 0.29) is 0 Å². The van der Waals surface area contributed by atoms with Crippen LogP contribution >= 0.6 is 0 Å². The molecule has 0 aromatic carbocycles. The zero-order valence-corrected chi connectivity index (χ0v) is 12.1. The minimum Gasteiger partial charge on any atom is -0.381 e. The van der Waals surface area contributed by atoms with Crippen LogP contribution in [0, 0.1) is 0 Å². The van der Waals surface area contributed by atoms with Gasteiger partial charge in [-0.15, -0.1) is 0 Å². The lowest BCUT2D eigenvalue weighted by atomic mass is 10.0. The smallest absolute Gasteiger partial charge is 0.0478 e. The number of piperidine rings is 1. The topological polar surface area (TPSA) is 15.7 Å². The molecule has 0 saturated carbocycles. The molecule has 106 valence electrons. The van der Waals surface area contributed by atoms with Crippen LogP contribution in [0.5, 0.6) is 0 Å². The van der Waals surface area contributed by atoms with Crippen molar-refractivity contribution in [3.63, 3.8) is 0 Å². The predicted octanol–water partition coefficient (Wildman–Crippen LogP) is 2.36. The van der Waals surface area contributed by atoms with Gasteiger partial charge in [-0.3, -0.25) is 4.90 Å². The van der Waals surface area contributed by atoms with Crippen LogP contribution in [0.1, 0.15) is 45.4 Å². The van der Waals surface area contributed by atoms with E-state index in [9.17, 15) is 0 Å². The van der Waals surface area contributed by atoms with Crippen LogP contribution in [0.15, 0.2) is 0 Å². The number of hydrogen-bond donors (Lipinski definition) is 0. The second-order valence-electron chi connectivity index (χ2n) is 5.81. The van der Waals surface area contributed by atoms with E-state index in [1.165, 1.54) is 64.8 Å². The number of hydrogen-bond acceptors (Lipinski definition) is 3. The van der Waals surface area contributed by atoms with Crippen LogP contribution in [0.2, 0.25) is 0 Å². The first-order chi connectivity index (χ1) is 8.90. The first-order valence-electron chi connectivity index (χ1n) is 7.94. The van der Waals surface area contributed by atoms with Crippen molar-refractivity contribution >= 4 is 0 Å². The van der Waals surface area contributed by atoms with Gasteiger partial charge < -0.3 is 9.64 Å². The molecule has 2 aliphatic heterocycles. The highest BCUT2D eigenvalue weighted by Crippen LogP contribution is 2.20. The maximum absolute atomic E-state index is 5.57. The van der Waals surface area contributed by atoms with Gasteiger partial charge in [0, 0.05) is 32.3 Å². The number of rotatable bonds is 6. The Morgan fingerprint density at radius 3 is 2.83 bits per heavy atom. The fourth-order valence-electron chi connectivity index (χ4n) is 3.29. The van der Waals surface area contributed by atoms with Crippen LogP contribution in [0.3, 0.4) is 0 Å². The van der Waals surface area contributed by atoms with E-state index in [1.807, 2.05) is 0 Å². The molecule has 0 bridgehead atoms. The van der Waals surface area contributed by atoms with Gasteiger partial charge >= 0.3 is 0 Å². The summed E-state index contributed by atoms with van der Waals surface area (Å²) in [6.07, 6.45) is 7.97. The molecular weight excluding hydrogens is 224 g/mol. The first kappa shape index (κ1) is 14.3. The monoisotopic (exact) mass is 254 g/mol. The molecule has 0 amide bonds. The SMILES string of the molecule is CCCOCCCN1CCCN2CCCCC2C1. The van der Waals surface area contributed by atoms with E-state index in [0.717, 1.165) is 25.7 Å². The lowest BCUT2D eigenvalue weighted by Crippen LogP contribution is -2.44. The summed E-state index contributed by atoms with van der Waals surface area (Å²) in [6.45, 7) is 10.5. The summed E-state index contributed by atoms with van der Waals surface area (Å²) in [7, 11) is 0. The lowest BCUT2D eigenvalue weighted by molar-refractivity contribution is 0.111. The number of fused-ring (bicyclic) bond motifs is 1. The normalized spacial score (nSPS) is 26.8. The third-order valence-electron chi connectivity index (χ3n) is 4.25. The van der Waals surface area contributed by atoms with Crippen molar-refractivity contribution in [3.05, 3.63) is 0 Å². The van der Waals surface area contributed by atoms with Crippen molar-refractivity contribution in [1.82, 2.24) is 9.80 Å². The summed E-state index contributed by atoms with van der Waals surface area (Å²) >= 11 is 0. The second kappa shape index (κ2) is 8.13. The van der Waals surface area contributed by atoms with Crippen LogP contribution in [0.4, 0.5) is 0 Å². The molecule has 1 atom stereocenters. The van der Waals surface area contributed by atoms with Gasteiger partial charge in [-0.1, -0.05) is 13.3 Å². The Morgan fingerprint density at radius 2 is 1.94 bits per heavy atom. The van der Waals surface area contributed by atoms with E-state index >= 15 is 0 Å². The predicted molar refractivity (Wildman–Crippen MR) is 76.0 cm³/mol. The van der Waals surface area contributed by atoms with Crippen molar-refractivity contribution in [2.45, 2.75) is 51.5 Å². The summed E-state index contributed by atoms with van der Waals surface area (Å²) < 4.78 is 5.57. The number of ether oxygens (including phenoxy) is 1. The summed E-state index contributed by atoms with van der Waals surface area (Å²) in [5.74, 6) is 0. The fourth-order valence-corrected chi connectivity index (χ4v) is 3.29. The van der Waals surface area contributed by atoms with Crippen molar-refractivity contribution in [2.75, 3.05) is 45.9 Å². The minimum atomic E-state index is 0.845. The van der Waals surface area contributed by atoms with Crippen molar-refractivity contribution in [2.24, 2.45) is 0 Å². The second-order valence-corrected chi connectivity index (χ2v) is 5.81. The quantitative estimate of drug-likeness (QED) is 0.677. The first-order valence-corrected chi connectivity index (χ1v) is 7.94. The molecule has 0 N–H and O–H groups in total. The highest BCUT2D eigenvalue weighted by Gasteiger charge is 2.26. The van der Waals surface area contributed by atoms with E-state index in [1.54, 1.807) is 0 Å². The lowest BCUT2D eigenvalue weighted by Gasteiger charge is -2.35. The molecule has 0 spiro atoms. The average Bonchev–Trinajstić information content (AvgIpc) is 2.60. The molecule has 2 rings (SSSR count). The summed E-state index contributed by atoms with van der Waals surface area (Å²) in [5, 5.41) is 0. The van der Waals surface area contributed by atoms with Gasteiger partial charge in [0.1, 0.15) is 0 Å². The molecule has 0 radical (unpaired) electrons. The Bertz CT molecular complexity index is 223. The van der Waals surface area contributed by atoms with Gasteiger partial charge in [0.15, 0.2) is 0 Å². The molecule has 3 heteroatoms. The Morgan fingerprint density at radius 1 is 1.06 bits per heavy atom. The minimum absolute atomic E-state index is 0.845. The van der Waals surface area contributed by atoms with Crippen LogP contribution in [0.25, 0.3) is 0 Å². The maximum atomic E-state index is 5.57. The van der Waals surface area contributed by atoms with Crippen molar-refractivity contribution in [1.29, 1.82) is 0 Å². The van der Waals surface area contributed by atoms with Crippen molar-refractivity contribution in [3.8, 4) is 0 Å². The molecule has 0 aliphatic carbocycles. The molecule has 1 unspecified atom stereocenters. The Balaban J connectivity index is 1.66. The molecule has 2 fully saturated rings. The summed E-state index contributed by atoms with van der Waals surface area (Å²) in [4.78, 5) is 5.41. The van der Waals surface area contributed by atoms with Gasteiger partial charge in [0.25, 0.3) is 0 Å². The third kappa shape index (κ3) is 4.52. The molecule has 2 heterocycles. The van der Waals surface area contributed by atoms with E-state index < -0.39 is 0 Å². The Hall–Kier alpha value is -0.120. The summed E-state index contributed by atoms with van der Waals surface area (Å²) in [5.41, 5.74) is 0. The fraction of sp³-hybridized carbons (Fsp3) is 1.00.